The molecule has 142 valence electrons. The number of carbonyl (C=O) groups excluding carboxylic acids is 1. The van der Waals surface area contributed by atoms with Gasteiger partial charge in [0.25, 0.3) is 0 Å². The fourth-order valence-corrected chi connectivity index (χ4v) is 5.18. The highest BCUT2D eigenvalue weighted by atomic mass is 16.2. The molecule has 3 fully saturated rings. The number of rotatable bonds is 6. The van der Waals surface area contributed by atoms with Crippen LogP contribution in [0.15, 0.2) is 30.3 Å². The summed E-state index contributed by atoms with van der Waals surface area (Å²) < 4.78 is 0. The van der Waals surface area contributed by atoms with E-state index in [1.54, 1.807) is 0 Å². The maximum atomic E-state index is 12.3. The lowest BCUT2D eigenvalue weighted by Gasteiger charge is -2.46. The van der Waals surface area contributed by atoms with Crippen LogP contribution in [0.2, 0.25) is 0 Å². The molecule has 3 saturated heterocycles. The van der Waals surface area contributed by atoms with Gasteiger partial charge in [0.15, 0.2) is 0 Å². The molecule has 4 rings (SSSR count). The fourth-order valence-electron chi connectivity index (χ4n) is 5.18. The zero-order chi connectivity index (χ0) is 17.8. The molecule has 0 aromatic heterocycles. The fraction of sp³-hybridized carbons (Fsp3) is 0.682. The average Bonchev–Trinajstić information content (AvgIpc) is 3.19. The molecule has 26 heavy (non-hydrogen) atoms. The molecule has 3 heterocycles. The van der Waals surface area contributed by atoms with Gasteiger partial charge in [-0.1, -0.05) is 30.3 Å². The second-order valence-electron chi connectivity index (χ2n) is 8.54. The number of carbonyl (C=O) groups is 1. The molecule has 0 spiro atoms. The summed E-state index contributed by atoms with van der Waals surface area (Å²) in [7, 11) is 0. The molecule has 3 aliphatic heterocycles. The van der Waals surface area contributed by atoms with Crippen molar-refractivity contribution in [3.63, 3.8) is 0 Å². The van der Waals surface area contributed by atoms with Crippen LogP contribution in [0.5, 0.6) is 0 Å². The van der Waals surface area contributed by atoms with E-state index in [9.17, 15) is 4.79 Å². The van der Waals surface area contributed by atoms with E-state index in [4.69, 9.17) is 0 Å². The van der Waals surface area contributed by atoms with Crippen molar-refractivity contribution in [1.29, 1.82) is 0 Å². The summed E-state index contributed by atoms with van der Waals surface area (Å²) in [4.78, 5) is 17.0. The van der Waals surface area contributed by atoms with Crippen LogP contribution >= 0.6 is 0 Å². The van der Waals surface area contributed by atoms with Gasteiger partial charge in [0.1, 0.15) is 0 Å². The Morgan fingerprint density at radius 2 is 1.92 bits per heavy atom. The lowest BCUT2D eigenvalue weighted by molar-refractivity contribution is -0.130. The van der Waals surface area contributed by atoms with Crippen molar-refractivity contribution in [3.05, 3.63) is 35.9 Å². The van der Waals surface area contributed by atoms with Crippen molar-refractivity contribution in [2.75, 3.05) is 32.7 Å². The van der Waals surface area contributed by atoms with Gasteiger partial charge in [-0.15, -0.1) is 0 Å². The van der Waals surface area contributed by atoms with E-state index in [0.29, 0.717) is 11.9 Å². The van der Waals surface area contributed by atoms with Crippen LogP contribution in [0, 0.1) is 11.8 Å². The number of nitrogens with zero attached hydrogens (tertiary/aromatic N) is 2. The molecule has 3 aliphatic rings. The normalized spacial score (nSPS) is 29.1. The standard InChI is InChI=1S/C22H33N3O/c26-22(25-11-4-5-12-25)10-6-9-21-20-13-19(14-23-21)16-24(17-20)15-18-7-2-1-3-8-18/h1-3,7-8,19-21,23H,4-6,9-17H2/t19?,20?,21-/m1/s1. The van der Waals surface area contributed by atoms with E-state index in [2.05, 4.69) is 45.4 Å². The summed E-state index contributed by atoms with van der Waals surface area (Å²) in [5.41, 5.74) is 1.42. The highest BCUT2D eigenvalue weighted by Crippen LogP contribution is 2.31. The topological polar surface area (TPSA) is 35.6 Å². The number of likely N-dealkylation sites (tertiary alicyclic amines) is 2. The number of fused-ring (bicyclic) bond motifs is 2. The van der Waals surface area contributed by atoms with E-state index >= 15 is 0 Å². The Bertz CT molecular complexity index is 584. The third-order valence-electron chi connectivity index (χ3n) is 6.50. The summed E-state index contributed by atoms with van der Waals surface area (Å²) in [5.74, 6) is 1.92. The third-order valence-corrected chi connectivity index (χ3v) is 6.50. The molecule has 0 aliphatic carbocycles. The van der Waals surface area contributed by atoms with Crippen molar-refractivity contribution in [2.45, 2.75) is 51.1 Å². The minimum atomic E-state index is 0.380. The Hall–Kier alpha value is -1.39. The number of hydrogen-bond donors (Lipinski definition) is 1. The minimum Gasteiger partial charge on any atom is -0.343 e. The van der Waals surface area contributed by atoms with Gasteiger partial charge in [0, 0.05) is 45.2 Å². The maximum absolute atomic E-state index is 12.3. The van der Waals surface area contributed by atoms with Gasteiger partial charge < -0.3 is 10.2 Å². The first-order valence-electron chi connectivity index (χ1n) is 10.6. The van der Waals surface area contributed by atoms with E-state index in [1.807, 2.05) is 0 Å². The van der Waals surface area contributed by atoms with Crippen molar-refractivity contribution >= 4 is 5.91 Å². The lowest BCUT2D eigenvalue weighted by atomic mass is 9.79. The van der Waals surface area contributed by atoms with Crippen LogP contribution in [0.25, 0.3) is 0 Å². The molecule has 2 bridgehead atoms. The van der Waals surface area contributed by atoms with Crippen molar-refractivity contribution < 1.29 is 4.79 Å². The second-order valence-corrected chi connectivity index (χ2v) is 8.54. The molecule has 1 aromatic carbocycles. The Balaban J connectivity index is 1.25. The van der Waals surface area contributed by atoms with Gasteiger partial charge >= 0.3 is 0 Å². The Kier molecular flexibility index (Phi) is 5.91. The Morgan fingerprint density at radius 3 is 2.73 bits per heavy atom. The van der Waals surface area contributed by atoms with Gasteiger partial charge in [0.2, 0.25) is 5.91 Å². The van der Waals surface area contributed by atoms with Crippen LogP contribution in [0.4, 0.5) is 0 Å². The van der Waals surface area contributed by atoms with Crippen molar-refractivity contribution in [1.82, 2.24) is 15.1 Å². The van der Waals surface area contributed by atoms with Crippen LogP contribution in [0.3, 0.4) is 0 Å². The average molecular weight is 356 g/mol. The van der Waals surface area contributed by atoms with E-state index < -0.39 is 0 Å². The number of piperidine rings is 2. The molecule has 2 unspecified atom stereocenters. The van der Waals surface area contributed by atoms with E-state index in [0.717, 1.165) is 57.3 Å². The predicted octanol–water partition coefficient (Wildman–Crippen LogP) is 2.89. The number of amides is 1. The molecular weight excluding hydrogens is 322 g/mol. The van der Waals surface area contributed by atoms with Gasteiger partial charge in [-0.3, -0.25) is 9.69 Å². The molecule has 4 nitrogen and oxygen atoms in total. The van der Waals surface area contributed by atoms with Gasteiger partial charge in [0.05, 0.1) is 0 Å². The monoisotopic (exact) mass is 355 g/mol. The molecule has 4 heteroatoms. The molecule has 1 amide bonds. The van der Waals surface area contributed by atoms with Gasteiger partial charge in [-0.05, 0) is 56.0 Å². The van der Waals surface area contributed by atoms with E-state index in [1.165, 1.54) is 37.9 Å². The first-order chi connectivity index (χ1) is 12.8. The first kappa shape index (κ1) is 18.0. The number of benzene rings is 1. The van der Waals surface area contributed by atoms with E-state index in [-0.39, 0.29) is 0 Å². The SMILES string of the molecule is O=C(CCC[C@H]1NCC2CC1CN(Cc1ccccc1)C2)N1CCCC1. The summed E-state index contributed by atoms with van der Waals surface area (Å²) in [6.45, 7) is 6.61. The number of hydrogen-bond acceptors (Lipinski definition) is 3. The Labute approximate surface area is 157 Å². The smallest absolute Gasteiger partial charge is 0.222 e. The summed E-state index contributed by atoms with van der Waals surface area (Å²) in [6.07, 6.45) is 6.67. The van der Waals surface area contributed by atoms with Crippen LogP contribution in [-0.4, -0.2) is 54.5 Å². The van der Waals surface area contributed by atoms with Crippen LogP contribution in [-0.2, 0) is 11.3 Å². The zero-order valence-corrected chi connectivity index (χ0v) is 15.9. The van der Waals surface area contributed by atoms with Crippen LogP contribution < -0.4 is 5.32 Å². The molecule has 3 atom stereocenters. The third kappa shape index (κ3) is 4.47. The van der Waals surface area contributed by atoms with Crippen LogP contribution in [0.1, 0.15) is 44.1 Å². The molecule has 0 saturated carbocycles. The second kappa shape index (κ2) is 8.53. The predicted molar refractivity (Wildman–Crippen MR) is 105 cm³/mol. The minimum absolute atomic E-state index is 0.380. The highest BCUT2D eigenvalue weighted by Gasteiger charge is 2.36. The molecule has 1 N–H and O–H groups in total. The largest absolute Gasteiger partial charge is 0.343 e. The molecular formula is C22H33N3O. The molecule has 1 aromatic rings. The quantitative estimate of drug-likeness (QED) is 0.852. The summed E-state index contributed by atoms with van der Waals surface area (Å²) >= 11 is 0. The maximum Gasteiger partial charge on any atom is 0.222 e. The summed E-state index contributed by atoms with van der Waals surface area (Å²) in [5, 5.41) is 3.80. The Morgan fingerprint density at radius 1 is 1.12 bits per heavy atom. The van der Waals surface area contributed by atoms with Gasteiger partial charge in [-0.25, -0.2) is 0 Å². The van der Waals surface area contributed by atoms with Crippen molar-refractivity contribution in [3.8, 4) is 0 Å². The summed E-state index contributed by atoms with van der Waals surface area (Å²) in [6, 6.07) is 11.5. The zero-order valence-electron chi connectivity index (χ0n) is 15.9. The molecule has 0 radical (unpaired) electrons. The first-order valence-corrected chi connectivity index (χ1v) is 10.6. The highest BCUT2D eigenvalue weighted by molar-refractivity contribution is 5.76. The lowest BCUT2D eigenvalue weighted by Crippen LogP contribution is -2.55. The van der Waals surface area contributed by atoms with Gasteiger partial charge in [-0.2, -0.15) is 0 Å². The number of nitrogens with one attached hydrogen (secondary N) is 1. The van der Waals surface area contributed by atoms with Crippen molar-refractivity contribution in [2.24, 2.45) is 11.8 Å².